The fourth-order valence-electron chi connectivity index (χ4n) is 1.60. The predicted molar refractivity (Wildman–Crippen MR) is 77.2 cm³/mol. The standard InChI is InChI=1S/C13H19BrN2O3/c1-9(5-6-17)16-13(18)15-8-10-7-11(14)3-4-12(10)19-2/h3-4,7,9,17H,5-6,8H2,1-2H3,(H2,15,16,18)/t9-/m1/s1. The molecule has 0 aliphatic heterocycles. The van der Waals surface area contributed by atoms with Crippen LogP contribution in [0.1, 0.15) is 18.9 Å². The summed E-state index contributed by atoms with van der Waals surface area (Å²) < 4.78 is 6.16. The Morgan fingerprint density at radius 2 is 2.26 bits per heavy atom. The molecule has 0 unspecified atom stereocenters. The van der Waals surface area contributed by atoms with Gasteiger partial charge in [-0.05, 0) is 31.5 Å². The van der Waals surface area contributed by atoms with E-state index in [1.807, 2.05) is 25.1 Å². The number of hydrogen-bond donors (Lipinski definition) is 3. The first-order valence-corrected chi connectivity index (χ1v) is 6.83. The van der Waals surface area contributed by atoms with Crippen molar-refractivity contribution >= 4 is 22.0 Å². The number of hydrogen-bond acceptors (Lipinski definition) is 3. The number of aliphatic hydroxyl groups excluding tert-OH is 1. The lowest BCUT2D eigenvalue weighted by molar-refractivity contribution is 0.230. The summed E-state index contributed by atoms with van der Waals surface area (Å²) in [5.41, 5.74) is 0.891. The van der Waals surface area contributed by atoms with Gasteiger partial charge in [-0.1, -0.05) is 15.9 Å². The van der Waals surface area contributed by atoms with Gasteiger partial charge in [0, 0.05) is 29.2 Å². The van der Waals surface area contributed by atoms with Crippen molar-refractivity contribution in [1.82, 2.24) is 10.6 Å². The second kappa shape index (κ2) is 8.01. The minimum atomic E-state index is -0.261. The molecule has 3 N–H and O–H groups in total. The van der Waals surface area contributed by atoms with Gasteiger partial charge in [-0.25, -0.2) is 4.79 Å². The Labute approximate surface area is 121 Å². The first-order chi connectivity index (χ1) is 9.06. The van der Waals surface area contributed by atoms with Crippen LogP contribution in [0.3, 0.4) is 0 Å². The number of ether oxygens (including phenoxy) is 1. The van der Waals surface area contributed by atoms with Gasteiger partial charge in [0.05, 0.1) is 7.11 Å². The van der Waals surface area contributed by atoms with Gasteiger partial charge in [0.25, 0.3) is 0 Å². The quantitative estimate of drug-likeness (QED) is 0.747. The van der Waals surface area contributed by atoms with Crippen LogP contribution in [0.25, 0.3) is 0 Å². The van der Waals surface area contributed by atoms with Gasteiger partial charge in [-0.3, -0.25) is 0 Å². The first kappa shape index (κ1) is 15.8. The monoisotopic (exact) mass is 330 g/mol. The Kier molecular flexibility index (Phi) is 6.66. The maximum absolute atomic E-state index is 11.6. The van der Waals surface area contributed by atoms with Crippen molar-refractivity contribution in [1.29, 1.82) is 0 Å². The predicted octanol–water partition coefficient (Wildman–Crippen LogP) is 2.03. The van der Waals surface area contributed by atoms with Crippen LogP contribution >= 0.6 is 15.9 Å². The molecule has 0 aliphatic carbocycles. The lowest BCUT2D eigenvalue weighted by atomic mass is 10.2. The van der Waals surface area contributed by atoms with Crippen LogP contribution in [0.5, 0.6) is 5.75 Å². The molecule has 1 aromatic rings. The van der Waals surface area contributed by atoms with Crippen LogP contribution in [0, 0.1) is 0 Å². The van der Waals surface area contributed by atoms with Gasteiger partial charge in [0.2, 0.25) is 0 Å². The van der Waals surface area contributed by atoms with E-state index in [4.69, 9.17) is 9.84 Å². The molecule has 1 aromatic carbocycles. The van der Waals surface area contributed by atoms with Crippen molar-refractivity contribution < 1.29 is 14.6 Å². The third kappa shape index (κ3) is 5.48. The van der Waals surface area contributed by atoms with Crippen molar-refractivity contribution in [2.75, 3.05) is 13.7 Å². The van der Waals surface area contributed by atoms with E-state index in [2.05, 4.69) is 26.6 Å². The summed E-state index contributed by atoms with van der Waals surface area (Å²) in [6.07, 6.45) is 0.535. The Morgan fingerprint density at radius 1 is 1.53 bits per heavy atom. The molecular formula is C13H19BrN2O3. The van der Waals surface area contributed by atoms with Crippen LogP contribution in [0.15, 0.2) is 22.7 Å². The Bertz CT molecular complexity index is 426. The summed E-state index contributed by atoms with van der Waals surface area (Å²) in [6.45, 7) is 2.27. The van der Waals surface area contributed by atoms with Crippen molar-refractivity contribution in [3.05, 3.63) is 28.2 Å². The number of rotatable bonds is 6. The van der Waals surface area contributed by atoms with E-state index < -0.39 is 0 Å². The summed E-state index contributed by atoms with van der Waals surface area (Å²) in [5, 5.41) is 14.3. The first-order valence-electron chi connectivity index (χ1n) is 6.04. The van der Waals surface area contributed by atoms with Crippen molar-refractivity contribution in [3.63, 3.8) is 0 Å². The number of benzene rings is 1. The highest BCUT2D eigenvalue weighted by Gasteiger charge is 2.08. The molecule has 0 heterocycles. The Morgan fingerprint density at radius 3 is 2.89 bits per heavy atom. The fourth-order valence-corrected chi connectivity index (χ4v) is 2.01. The van der Waals surface area contributed by atoms with Gasteiger partial charge in [-0.15, -0.1) is 0 Å². The average Bonchev–Trinajstić information content (AvgIpc) is 2.36. The minimum Gasteiger partial charge on any atom is -0.496 e. The van der Waals surface area contributed by atoms with E-state index in [0.717, 1.165) is 15.8 Å². The normalized spacial score (nSPS) is 11.8. The van der Waals surface area contributed by atoms with Crippen LogP contribution in [-0.2, 0) is 6.54 Å². The molecule has 1 rings (SSSR count). The summed E-state index contributed by atoms with van der Waals surface area (Å²) in [5.74, 6) is 0.729. The molecular weight excluding hydrogens is 312 g/mol. The van der Waals surface area contributed by atoms with Gasteiger partial charge in [-0.2, -0.15) is 0 Å². The molecule has 19 heavy (non-hydrogen) atoms. The topological polar surface area (TPSA) is 70.6 Å². The molecule has 0 aliphatic rings. The molecule has 106 valence electrons. The molecule has 0 spiro atoms. The fraction of sp³-hybridized carbons (Fsp3) is 0.462. The number of methoxy groups -OCH3 is 1. The Hall–Kier alpha value is -1.27. The summed E-state index contributed by atoms with van der Waals surface area (Å²) >= 11 is 3.38. The smallest absolute Gasteiger partial charge is 0.315 e. The lowest BCUT2D eigenvalue weighted by Crippen LogP contribution is -2.40. The van der Waals surface area contributed by atoms with Crippen LogP contribution < -0.4 is 15.4 Å². The SMILES string of the molecule is COc1ccc(Br)cc1CNC(=O)N[C@H](C)CCO. The molecule has 0 radical (unpaired) electrons. The van der Waals surface area contributed by atoms with E-state index >= 15 is 0 Å². The van der Waals surface area contributed by atoms with Crippen molar-refractivity contribution in [3.8, 4) is 5.75 Å². The minimum absolute atomic E-state index is 0.0564. The molecule has 0 saturated heterocycles. The second-order valence-electron chi connectivity index (χ2n) is 4.20. The molecule has 1 atom stereocenters. The van der Waals surface area contributed by atoms with E-state index in [-0.39, 0.29) is 18.7 Å². The Balaban J connectivity index is 2.52. The summed E-state index contributed by atoms with van der Waals surface area (Å²) in [4.78, 5) is 11.6. The van der Waals surface area contributed by atoms with Crippen LogP contribution in [-0.4, -0.2) is 30.9 Å². The summed E-state index contributed by atoms with van der Waals surface area (Å²) in [7, 11) is 1.59. The molecule has 6 heteroatoms. The zero-order valence-electron chi connectivity index (χ0n) is 11.1. The third-order valence-corrected chi connectivity index (χ3v) is 3.11. The number of amides is 2. The van der Waals surface area contributed by atoms with E-state index in [1.54, 1.807) is 7.11 Å². The summed E-state index contributed by atoms with van der Waals surface area (Å²) in [6, 6.07) is 5.30. The zero-order valence-corrected chi connectivity index (χ0v) is 12.7. The molecule has 0 bridgehead atoms. The average molecular weight is 331 g/mol. The molecule has 5 nitrogen and oxygen atoms in total. The van der Waals surface area contributed by atoms with E-state index in [0.29, 0.717) is 13.0 Å². The van der Waals surface area contributed by atoms with E-state index in [1.165, 1.54) is 0 Å². The zero-order chi connectivity index (χ0) is 14.3. The molecule has 0 aromatic heterocycles. The van der Waals surface area contributed by atoms with Crippen LogP contribution in [0.4, 0.5) is 4.79 Å². The van der Waals surface area contributed by atoms with Crippen molar-refractivity contribution in [2.45, 2.75) is 25.9 Å². The number of aliphatic hydroxyl groups is 1. The lowest BCUT2D eigenvalue weighted by Gasteiger charge is -2.14. The van der Waals surface area contributed by atoms with Crippen LogP contribution in [0.2, 0.25) is 0 Å². The number of nitrogens with one attached hydrogen (secondary N) is 2. The van der Waals surface area contributed by atoms with Gasteiger partial charge in [0.1, 0.15) is 5.75 Å². The number of halogens is 1. The highest BCUT2D eigenvalue weighted by Crippen LogP contribution is 2.22. The van der Waals surface area contributed by atoms with E-state index in [9.17, 15) is 4.79 Å². The number of carbonyl (C=O) groups excluding carboxylic acids is 1. The highest BCUT2D eigenvalue weighted by atomic mass is 79.9. The molecule has 0 fully saturated rings. The molecule has 2 amide bonds. The maximum Gasteiger partial charge on any atom is 0.315 e. The van der Waals surface area contributed by atoms with Gasteiger partial charge >= 0.3 is 6.03 Å². The second-order valence-corrected chi connectivity index (χ2v) is 5.11. The van der Waals surface area contributed by atoms with Crippen molar-refractivity contribution in [2.24, 2.45) is 0 Å². The molecule has 0 saturated carbocycles. The van der Waals surface area contributed by atoms with Gasteiger partial charge in [0.15, 0.2) is 0 Å². The van der Waals surface area contributed by atoms with Gasteiger partial charge < -0.3 is 20.5 Å². The number of urea groups is 1. The largest absolute Gasteiger partial charge is 0.496 e. The highest BCUT2D eigenvalue weighted by molar-refractivity contribution is 9.10. The maximum atomic E-state index is 11.6. The number of carbonyl (C=O) groups is 1. The third-order valence-electron chi connectivity index (χ3n) is 2.62.